The van der Waals surface area contributed by atoms with Gasteiger partial charge in [-0.25, -0.2) is 0 Å². The summed E-state index contributed by atoms with van der Waals surface area (Å²) in [5, 5.41) is 4.19. The van der Waals surface area contributed by atoms with E-state index < -0.39 is 0 Å². The van der Waals surface area contributed by atoms with Gasteiger partial charge in [0.15, 0.2) is 0 Å². The van der Waals surface area contributed by atoms with Gasteiger partial charge in [-0.2, -0.15) is 0 Å². The number of hydrogen-bond donors (Lipinski definition) is 1. The van der Waals surface area contributed by atoms with E-state index in [1.807, 2.05) is 12.1 Å². The summed E-state index contributed by atoms with van der Waals surface area (Å²) in [7, 11) is 0. The van der Waals surface area contributed by atoms with Crippen molar-refractivity contribution in [3.05, 3.63) is 47.0 Å². The van der Waals surface area contributed by atoms with Crippen LogP contribution in [0, 0.1) is 5.92 Å². The zero-order chi connectivity index (χ0) is 12.8. The number of hydrogen-bond acceptors (Lipinski definition) is 1. The average Bonchev–Trinajstić information content (AvgIpc) is 2.31. The van der Waals surface area contributed by atoms with Crippen LogP contribution in [-0.2, 0) is 0 Å². The molecule has 1 nitrogen and oxygen atoms in total. The summed E-state index contributed by atoms with van der Waals surface area (Å²) < 4.78 is 0. The maximum Gasteiger partial charge on any atom is 0.0406 e. The van der Waals surface area contributed by atoms with Crippen molar-refractivity contribution in [2.45, 2.75) is 26.7 Å². The van der Waals surface area contributed by atoms with E-state index in [2.05, 4.69) is 44.8 Å². The van der Waals surface area contributed by atoms with Gasteiger partial charge < -0.3 is 5.32 Å². The van der Waals surface area contributed by atoms with Crippen LogP contribution in [0.25, 0.3) is 0 Å². The highest BCUT2D eigenvalue weighted by molar-refractivity contribution is 6.30. The zero-order valence-electron chi connectivity index (χ0n) is 11.0. The molecule has 0 spiro atoms. The van der Waals surface area contributed by atoms with E-state index in [0.717, 1.165) is 18.1 Å². The summed E-state index contributed by atoms with van der Waals surface area (Å²) in [6.45, 7) is 12.7. The van der Waals surface area contributed by atoms with Gasteiger partial charge in [0.1, 0.15) is 0 Å². The molecule has 1 unspecified atom stereocenters. The minimum absolute atomic E-state index is 0.368. The van der Waals surface area contributed by atoms with Crippen molar-refractivity contribution in [3.8, 4) is 0 Å². The van der Waals surface area contributed by atoms with Crippen LogP contribution >= 0.6 is 11.6 Å². The molecule has 0 amide bonds. The Labute approximate surface area is 110 Å². The maximum absolute atomic E-state index is 5.92. The Morgan fingerprint density at radius 2 is 1.88 bits per heavy atom. The van der Waals surface area contributed by atoms with E-state index in [-0.39, 0.29) is 0 Å². The third-order valence-electron chi connectivity index (χ3n) is 3.06. The van der Waals surface area contributed by atoms with E-state index in [9.17, 15) is 0 Å². The van der Waals surface area contributed by atoms with Gasteiger partial charge in [-0.1, -0.05) is 56.7 Å². The van der Waals surface area contributed by atoms with Gasteiger partial charge in [-0.3, -0.25) is 0 Å². The Balaban J connectivity index is 2.89. The van der Waals surface area contributed by atoms with Crippen molar-refractivity contribution < 1.29 is 0 Å². The predicted molar refractivity (Wildman–Crippen MR) is 76.7 cm³/mol. The number of halogens is 1. The van der Waals surface area contributed by atoms with Crippen molar-refractivity contribution >= 4 is 11.6 Å². The van der Waals surface area contributed by atoms with Crippen LogP contribution in [0.1, 0.15) is 32.3 Å². The Morgan fingerprint density at radius 1 is 1.29 bits per heavy atom. The largest absolute Gasteiger partial charge is 0.316 e. The standard InChI is InChI=1S/C15H22ClN/c1-5-17-10-15(12(4)11(2)3)13-6-8-14(16)9-7-13/h6-9,11,15,17H,4-5,10H2,1-3H3. The Kier molecular flexibility index (Phi) is 5.73. The van der Waals surface area contributed by atoms with Crippen LogP contribution in [0.4, 0.5) is 0 Å². The fourth-order valence-electron chi connectivity index (χ4n) is 1.85. The molecule has 1 N–H and O–H groups in total. The minimum Gasteiger partial charge on any atom is -0.316 e. The number of benzene rings is 1. The third kappa shape index (κ3) is 4.18. The molecular weight excluding hydrogens is 230 g/mol. The predicted octanol–water partition coefficient (Wildman–Crippen LogP) is 4.25. The molecule has 0 fully saturated rings. The second-order valence-corrected chi connectivity index (χ2v) is 5.08. The highest BCUT2D eigenvalue weighted by Gasteiger charge is 2.16. The first-order valence-electron chi connectivity index (χ1n) is 6.21. The molecule has 0 radical (unpaired) electrons. The lowest BCUT2D eigenvalue weighted by molar-refractivity contribution is 0.596. The molecule has 1 atom stereocenters. The summed E-state index contributed by atoms with van der Waals surface area (Å²) >= 11 is 5.92. The summed E-state index contributed by atoms with van der Waals surface area (Å²) in [4.78, 5) is 0. The molecule has 0 aliphatic heterocycles. The summed E-state index contributed by atoms with van der Waals surface area (Å²) in [5.41, 5.74) is 2.56. The minimum atomic E-state index is 0.368. The molecule has 1 rings (SSSR count). The van der Waals surface area contributed by atoms with Crippen molar-refractivity contribution in [2.24, 2.45) is 5.92 Å². The van der Waals surface area contributed by atoms with E-state index in [1.54, 1.807) is 0 Å². The first-order valence-corrected chi connectivity index (χ1v) is 6.59. The van der Waals surface area contributed by atoms with Gasteiger partial charge >= 0.3 is 0 Å². The van der Waals surface area contributed by atoms with E-state index in [1.165, 1.54) is 11.1 Å². The highest BCUT2D eigenvalue weighted by Crippen LogP contribution is 2.28. The number of likely N-dealkylation sites (N-methyl/N-ethyl adjacent to an activating group) is 1. The molecule has 0 heterocycles. The monoisotopic (exact) mass is 251 g/mol. The lowest BCUT2D eigenvalue weighted by atomic mass is 9.86. The normalized spacial score (nSPS) is 12.8. The summed E-state index contributed by atoms with van der Waals surface area (Å²) in [5.74, 6) is 0.863. The highest BCUT2D eigenvalue weighted by atomic mass is 35.5. The smallest absolute Gasteiger partial charge is 0.0406 e. The molecule has 0 bridgehead atoms. The lowest BCUT2D eigenvalue weighted by Gasteiger charge is -2.23. The fraction of sp³-hybridized carbons (Fsp3) is 0.467. The molecule has 0 aromatic heterocycles. The van der Waals surface area contributed by atoms with Gasteiger partial charge in [-0.05, 0) is 30.2 Å². The Hall–Kier alpha value is -0.790. The van der Waals surface area contributed by atoms with Gasteiger partial charge in [0.05, 0.1) is 0 Å². The van der Waals surface area contributed by atoms with Crippen molar-refractivity contribution in [2.75, 3.05) is 13.1 Å². The first kappa shape index (κ1) is 14.3. The van der Waals surface area contributed by atoms with E-state index in [0.29, 0.717) is 11.8 Å². The molecule has 0 saturated carbocycles. The molecule has 0 saturated heterocycles. The van der Waals surface area contributed by atoms with Crippen LogP contribution in [0.3, 0.4) is 0 Å². The van der Waals surface area contributed by atoms with E-state index >= 15 is 0 Å². The van der Waals surface area contributed by atoms with Crippen LogP contribution in [0.15, 0.2) is 36.4 Å². The molecule has 0 aliphatic carbocycles. The van der Waals surface area contributed by atoms with Crippen molar-refractivity contribution in [3.63, 3.8) is 0 Å². The lowest BCUT2D eigenvalue weighted by Crippen LogP contribution is -2.23. The topological polar surface area (TPSA) is 12.0 Å². The second kappa shape index (κ2) is 6.83. The summed E-state index contributed by atoms with van der Waals surface area (Å²) in [6, 6.07) is 8.09. The molecule has 17 heavy (non-hydrogen) atoms. The van der Waals surface area contributed by atoms with Crippen molar-refractivity contribution in [1.82, 2.24) is 5.32 Å². The van der Waals surface area contributed by atoms with Gasteiger partial charge in [0, 0.05) is 17.5 Å². The molecule has 0 aliphatic rings. The number of nitrogens with one attached hydrogen (secondary N) is 1. The van der Waals surface area contributed by atoms with Crippen molar-refractivity contribution in [1.29, 1.82) is 0 Å². The Morgan fingerprint density at radius 3 is 2.35 bits per heavy atom. The molecule has 1 aromatic rings. The van der Waals surface area contributed by atoms with Gasteiger partial charge in [-0.15, -0.1) is 0 Å². The molecular formula is C15H22ClN. The SMILES string of the molecule is C=C(C(C)C)C(CNCC)c1ccc(Cl)cc1. The summed E-state index contributed by atoms with van der Waals surface area (Å²) in [6.07, 6.45) is 0. The van der Waals surface area contributed by atoms with Crippen LogP contribution in [0.5, 0.6) is 0 Å². The fourth-order valence-corrected chi connectivity index (χ4v) is 1.98. The van der Waals surface area contributed by atoms with Gasteiger partial charge in [0.2, 0.25) is 0 Å². The third-order valence-corrected chi connectivity index (χ3v) is 3.31. The average molecular weight is 252 g/mol. The van der Waals surface area contributed by atoms with Crippen LogP contribution < -0.4 is 5.32 Å². The number of rotatable bonds is 6. The zero-order valence-corrected chi connectivity index (χ0v) is 11.7. The molecule has 2 heteroatoms. The van der Waals surface area contributed by atoms with Gasteiger partial charge in [0.25, 0.3) is 0 Å². The van der Waals surface area contributed by atoms with Crippen LogP contribution in [-0.4, -0.2) is 13.1 Å². The Bertz CT molecular complexity index is 354. The molecule has 94 valence electrons. The quantitative estimate of drug-likeness (QED) is 0.746. The molecule has 1 aromatic carbocycles. The second-order valence-electron chi connectivity index (χ2n) is 4.64. The van der Waals surface area contributed by atoms with E-state index in [4.69, 9.17) is 11.6 Å². The maximum atomic E-state index is 5.92. The first-order chi connectivity index (χ1) is 8.06. The van der Waals surface area contributed by atoms with Crippen LogP contribution in [0.2, 0.25) is 5.02 Å².